The highest BCUT2D eigenvalue weighted by atomic mass is 19.4. The molecule has 8 heteroatoms. The lowest BCUT2D eigenvalue weighted by molar-refractivity contribution is -0.137. The minimum atomic E-state index is -4.41. The second-order valence-corrected chi connectivity index (χ2v) is 6.14. The number of benzene rings is 1. The Balaban J connectivity index is 1.62. The van der Waals surface area contributed by atoms with Crippen molar-refractivity contribution in [3.63, 3.8) is 0 Å². The molecule has 5 nitrogen and oxygen atoms in total. The predicted molar refractivity (Wildman–Crippen MR) is 81.4 cm³/mol. The highest BCUT2D eigenvalue weighted by molar-refractivity contribution is 5.94. The van der Waals surface area contributed by atoms with E-state index in [1.807, 2.05) is 0 Å². The van der Waals surface area contributed by atoms with Gasteiger partial charge in [0.25, 0.3) is 0 Å². The minimum absolute atomic E-state index is 0.155. The van der Waals surface area contributed by atoms with Crippen molar-refractivity contribution in [3.8, 4) is 0 Å². The van der Waals surface area contributed by atoms with E-state index in [1.54, 1.807) is 0 Å². The van der Waals surface area contributed by atoms with Crippen LogP contribution in [-0.4, -0.2) is 35.5 Å². The highest BCUT2D eigenvalue weighted by Gasteiger charge is 2.36. The SMILES string of the molecule is O=C(NC1CC1)C1CCCN1C(=O)Nc1ccc(C(F)(F)F)cc1. The number of halogens is 3. The molecule has 1 saturated carbocycles. The molecule has 0 bridgehead atoms. The summed E-state index contributed by atoms with van der Waals surface area (Å²) in [7, 11) is 0. The van der Waals surface area contributed by atoms with E-state index < -0.39 is 23.8 Å². The second-order valence-electron chi connectivity index (χ2n) is 6.14. The number of anilines is 1. The monoisotopic (exact) mass is 341 g/mol. The molecule has 1 heterocycles. The molecule has 3 rings (SSSR count). The average molecular weight is 341 g/mol. The van der Waals surface area contributed by atoms with Gasteiger partial charge in [-0.2, -0.15) is 13.2 Å². The standard InChI is InChI=1S/C16H18F3N3O2/c17-16(18,19)10-3-5-12(6-4-10)21-15(24)22-9-1-2-13(22)14(23)20-11-7-8-11/h3-6,11,13H,1-2,7-9H2,(H,20,23)(H,21,24). The fourth-order valence-corrected chi connectivity index (χ4v) is 2.75. The third kappa shape index (κ3) is 3.80. The van der Waals surface area contributed by atoms with Gasteiger partial charge in [-0.3, -0.25) is 4.79 Å². The zero-order valence-electron chi connectivity index (χ0n) is 12.9. The van der Waals surface area contributed by atoms with Crippen LogP contribution in [0.1, 0.15) is 31.2 Å². The third-order valence-electron chi connectivity index (χ3n) is 4.20. The van der Waals surface area contributed by atoms with Crippen LogP contribution in [0.25, 0.3) is 0 Å². The first-order chi connectivity index (χ1) is 11.3. The normalized spacial score (nSPS) is 20.8. The average Bonchev–Trinajstić information content (AvgIpc) is 3.18. The molecule has 1 aromatic carbocycles. The lowest BCUT2D eigenvalue weighted by Crippen LogP contribution is -2.48. The summed E-state index contributed by atoms with van der Waals surface area (Å²) < 4.78 is 37.6. The van der Waals surface area contributed by atoms with Gasteiger partial charge in [-0.25, -0.2) is 4.79 Å². The fraction of sp³-hybridized carbons (Fsp3) is 0.500. The summed E-state index contributed by atoms with van der Waals surface area (Å²) in [5, 5.41) is 5.44. The van der Waals surface area contributed by atoms with Crippen LogP contribution in [0.2, 0.25) is 0 Å². The Morgan fingerprint density at radius 3 is 2.33 bits per heavy atom. The summed E-state index contributed by atoms with van der Waals surface area (Å²) in [6, 6.07) is 3.47. The van der Waals surface area contributed by atoms with Crippen molar-refractivity contribution >= 4 is 17.6 Å². The number of amides is 3. The molecule has 2 aliphatic rings. The minimum Gasteiger partial charge on any atom is -0.352 e. The zero-order valence-corrected chi connectivity index (χ0v) is 12.9. The molecule has 1 aromatic rings. The fourth-order valence-electron chi connectivity index (χ4n) is 2.75. The smallest absolute Gasteiger partial charge is 0.352 e. The molecular formula is C16H18F3N3O2. The summed E-state index contributed by atoms with van der Waals surface area (Å²) >= 11 is 0. The lowest BCUT2D eigenvalue weighted by Gasteiger charge is -2.24. The molecular weight excluding hydrogens is 323 g/mol. The van der Waals surface area contributed by atoms with Gasteiger partial charge in [0.2, 0.25) is 5.91 Å². The molecule has 1 aliphatic heterocycles. The van der Waals surface area contributed by atoms with Gasteiger partial charge in [-0.1, -0.05) is 0 Å². The van der Waals surface area contributed by atoms with Crippen molar-refractivity contribution in [3.05, 3.63) is 29.8 Å². The van der Waals surface area contributed by atoms with Crippen LogP contribution in [-0.2, 0) is 11.0 Å². The van der Waals surface area contributed by atoms with Gasteiger partial charge in [-0.05, 0) is 49.9 Å². The summed E-state index contributed by atoms with van der Waals surface area (Å²) in [5.41, 5.74) is -0.510. The molecule has 130 valence electrons. The van der Waals surface area contributed by atoms with E-state index in [0.29, 0.717) is 13.0 Å². The summed E-state index contributed by atoms with van der Waals surface area (Å²) in [6.07, 6.45) is -1.15. The molecule has 2 N–H and O–H groups in total. The van der Waals surface area contributed by atoms with E-state index in [4.69, 9.17) is 0 Å². The molecule has 0 spiro atoms. The molecule has 1 saturated heterocycles. The Labute approximate surface area is 137 Å². The van der Waals surface area contributed by atoms with Crippen molar-refractivity contribution in [1.29, 1.82) is 0 Å². The van der Waals surface area contributed by atoms with Gasteiger partial charge in [0.15, 0.2) is 0 Å². The number of hydrogen-bond acceptors (Lipinski definition) is 2. The van der Waals surface area contributed by atoms with Gasteiger partial charge in [-0.15, -0.1) is 0 Å². The number of hydrogen-bond donors (Lipinski definition) is 2. The molecule has 0 aromatic heterocycles. The number of likely N-dealkylation sites (tertiary alicyclic amines) is 1. The first-order valence-electron chi connectivity index (χ1n) is 7.90. The first kappa shape index (κ1) is 16.6. The van der Waals surface area contributed by atoms with E-state index in [9.17, 15) is 22.8 Å². The van der Waals surface area contributed by atoms with Crippen LogP contribution >= 0.6 is 0 Å². The Morgan fingerprint density at radius 1 is 1.08 bits per heavy atom. The number of carbonyl (C=O) groups is 2. The van der Waals surface area contributed by atoms with Crippen molar-refractivity contribution in [2.45, 2.75) is 43.9 Å². The molecule has 3 amide bonds. The van der Waals surface area contributed by atoms with Crippen molar-refractivity contribution in [2.24, 2.45) is 0 Å². The van der Waals surface area contributed by atoms with Gasteiger partial charge in [0.05, 0.1) is 5.56 Å². The second kappa shape index (κ2) is 6.33. The largest absolute Gasteiger partial charge is 0.416 e. The number of nitrogens with one attached hydrogen (secondary N) is 2. The van der Waals surface area contributed by atoms with Crippen LogP contribution < -0.4 is 10.6 Å². The highest BCUT2D eigenvalue weighted by Crippen LogP contribution is 2.30. The third-order valence-corrected chi connectivity index (χ3v) is 4.20. The molecule has 1 aliphatic carbocycles. The van der Waals surface area contributed by atoms with E-state index in [0.717, 1.165) is 31.4 Å². The van der Waals surface area contributed by atoms with E-state index in [2.05, 4.69) is 10.6 Å². The van der Waals surface area contributed by atoms with Gasteiger partial charge < -0.3 is 15.5 Å². The molecule has 1 atom stereocenters. The number of urea groups is 1. The Hall–Kier alpha value is -2.25. The van der Waals surface area contributed by atoms with Crippen LogP contribution in [0.15, 0.2) is 24.3 Å². The van der Waals surface area contributed by atoms with Crippen molar-refractivity contribution < 1.29 is 22.8 Å². The maximum atomic E-state index is 12.5. The summed E-state index contributed by atoms with van der Waals surface area (Å²) in [4.78, 5) is 25.9. The van der Waals surface area contributed by atoms with E-state index in [-0.39, 0.29) is 17.6 Å². The Kier molecular flexibility index (Phi) is 4.38. The molecule has 0 radical (unpaired) electrons. The Bertz CT molecular complexity index is 626. The van der Waals surface area contributed by atoms with Crippen molar-refractivity contribution in [1.82, 2.24) is 10.2 Å². The molecule has 2 fully saturated rings. The van der Waals surface area contributed by atoms with Crippen LogP contribution in [0.3, 0.4) is 0 Å². The van der Waals surface area contributed by atoms with E-state index in [1.165, 1.54) is 17.0 Å². The van der Waals surface area contributed by atoms with Crippen molar-refractivity contribution in [2.75, 3.05) is 11.9 Å². The topological polar surface area (TPSA) is 61.4 Å². The molecule has 24 heavy (non-hydrogen) atoms. The quantitative estimate of drug-likeness (QED) is 0.888. The molecule has 1 unspecified atom stereocenters. The summed E-state index contributed by atoms with van der Waals surface area (Å²) in [5.74, 6) is -0.155. The Morgan fingerprint density at radius 2 is 1.75 bits per heavy atom. The number of rotatable bonds is 3. The first-order valence-corrected chi connectivity index (χ1v) is 7.90. The maximum absolute atomic E-state index is 12.5. The van der Waals surface area contributed by atoms with Gasteiger partial charge in [0.1, 0.15) is 6.04 Å². The lowest BCUT2D eigenvalue weighted by atomic mass is 10.2. The predicted octanol–water partition coefficient (Wildman–Crippen LogP) is 2.98. The van der Waals surface area contributed by atoms with E-state index >= 15 is 0 Å². The van der Waals surface area contributed by atoms with Gasteiger partial charge >= 0.3 is 12.2 Å². The number of carbonyl (C=O) groups excluding carboxylic acids is 2. The number of alkyl halides is 3. The zero-order chi connectivity index (χ0) is 17.3. The van der Waals surface area contributed by atoms with Crippen LogP contribution in [0.4, 0.5) is 23.7 Å². The van der Waals surface area contributed by atoms with Crippen LogP contribution in [0, 0.1) is 0 Å². The van der Waals surface area contributed by atoms with Gasteiger partial charge in [0, 0.05) is 18.3 Å². The maximum Gasteiger partial charge on any atom is 0.416 e. The van der Waals surface area contributed by atoms with Crippen LogP contribution in [0.5, 0.6) is 0 Å². The number of nitrogens with zero attached hydrogens (tertiary/aromatic N) is 1. The summed E-state index contributed by atoms with van der Waals surface area (Å²) in [6.45, 7) is 0.454.